The summed E-state index contributed by atoms with van der Waals surface area (Å²) < 4.78 is 15.2. The van der Waals surface area contributed by atoms with Crippen LogP contribution >= 0.6 is 11.6 Å². The van der Waals surface area contributed by atoms with Gasteiger partial charge in [0.05, 0.1) is 25.5 Å². The number of ether oxygens (including phenoxy) is 3. The van der Waals surface area contributed by atoms with Gasteiger partial charge < -0.3 is 24.8 Å². The van der Waals surface area contributed by atoms with Gasteiger partial charge in [-0.15, -0.1) is 0 Å². The molecule has 0 unspecified atom stereocenters. The predicted octanol–water partition coefficient (Wildman–Crippen LogP) is 4.70. The molecule has 8 nitrogen and oxygen atoms in total. The van der Waals surface area contributed by atoms with Crippen LogP contribution in [0.3, 0.4) is 0 Å². The van der Waals surface area contributed by atoms with E-state index in [-0.39, 0.29) is 24.5 Å². The molecule has 0 aliphatic carbocycles. The Morgan fingerprint density at radius 1 is 0.829 bits per heavy atom. The number of carbonyl (C=O) groups is 3. The Labute approximate surface area is 208 Å². The molecule has 35 heavy (non-hydrogen) atoms. The summed E-state index contributed by atoms with van der Waals surface area (Å²) in [5, 5.41) is 5.68. The molecule has 0 saturated carbocycles. The van der Waals surface area contributed by atoms with Crippen molar-refractivity contribution in [2.75, 3.05) is 38.1 Å². The molecule has 0 aromatic heterocycles. The van der Waals surface area contributed by atoms with Crippen LogP contribution in [0.4, 0.5) is 11.4 Å². The van der Waals surface area contributed by atoms with E-state index in [2.05, 4.69) is 10.6 Å². The first-order valence-electron chi connectivity index (χ1n) is 10.6. The first-order chi connectivity index (χ1) is 16.8. The number of rotatable bonds is 9. The minimum atomic E-state index is -0.644. The third-order valence-electron chi connectivity index (χ3n) is 5.04. The molecule has 0 fully saturated rings. The minimum absolute atomic E-state index is 0.109. The number of aryl methyl sites for hydroxylation is 1. The maximum Gasteiger partial charge on any atom is 0.340 e. The molecule has 0 aliphatic heterocycles. The highest BCUT2D eigenvalue weighted by atomic mass is 35.5. The smallest absolute Gasteiger partial charge is 0.340 e. The van der Waals surface area contributed by atoms with Gasteiger partial charge in [-0.3, -0.25) is 9.59 Å². The van der Waals surface area contributed by atoms with Gasteiger partial charge in [0.2, 0.25) is 11.8 Å². The zero-order valence-corrected chi connectivity index (χ0v) is 20.3. The Morgan fingerprint density at radius 2 is 1.51 bits per heavy atom. The Balaban J connectivity index is 1.56. The number of nitrogens with one attached hydrogen (secondary N) is 2. The van der Waals surface area contributed by atoms with Crippen LogP contribution in [0.25, 0.3) is 11.1 Å². The number of halogens is 1. The van der Waals surface area contributed by atoms with Crippen molar-refractivity contribution in [3.05, 3.63) is 76.8 Å². The second-order valence-electron chi connectivity index (χ2n) is 7.53. The molecule has 0 spiro atoms. The zero-order valence-electron chi connectivity index (χ0n) is 19.5. The molecule has 0 saturated heterocycles. The summed E-state index contributed by atoms with van der Waals surface area (Å²) in [7, 11) is 2.83. The number of anilines is 2. The van der Waals surface area contributed by atoms with Crippen molar-refractivity contribution >= 4 is 40.8 Å². The summed E-state index contributed by atoms with van der Waals surface area (Å²) in [5.74, 6) is -0.862. The number of methoxy groups -OCH3 is 2. The van der Waals surface area contributed by atoms with Crippen LogP contribution in [-0.2, 0) is 19.1 Å². The normalized spacial score (nSPS) is 10.4. The van der Waals surface area contributed by atoms with Crippen molar-refractivity contribution < 1.29 is 28.6 Å². The van der Waals surface area contributed by atoms with Crippen LogP contribution in [-0.4, -0.2) is 45.2 Å². The summed E-state index contributed by atoms with van der Waals surface area (Å²) in [6.07, 6.45) is 0. The van der Waals surface area contributed by atoms with E-state index in [0.717, 1.165) is 22.4 Å². The van der Waals surface area contributed by atoms with Gasteiger partial charge in [0.1, 0.15) is 19.0 Å². The molecule has 3 rings (SSSR count). The summed E-state index contributed by atoms with van der Waals surface area (Å²) in [4.78, 5) is 36.6. The topological polar surface area (TPSA) is 103 Å². The number of hydrogen-bond acceptors (Lipinski definition) is 6. The van der Waals surface area contributed by atoms with Crippen molar-refractivity contribution in [2.24, 2.45) is 0 Å². The second-order valence-corrected chi connectivity index (χ2v) is 7.97. The van der Waals surface area contributed by atoms with Gasteiger partial charge in [-0.2, -0.15) is 0 Å². The van der Waals surface area contributed by atoms with E-state index >= 15 is 0 Å². The van der Waals surface area contributed by atoms with Gasteiger partial charge >= 0.3 is 5.97 Å². The fourth-order valence-electron chi connectivity index (χ4n) is 3.25. The maximum atomic E-state index is 12.4. The van der Waals surface area contributed by atoms with E-state index < -0.39 is 17.8 Å². The molecule has 2 amide bonds. The molecule has 0 aliphatic rings. The quantitative estimate of drug-likeness (QED) is 0.416. The molecule has 9 heteroatoms. The van der Waals surface area contributed by atoms with Crippen LogP contribution in [0.2, 0.25) is 5.02 Å². The van der Waals surface area contributed by atoms with Crippen LogP contribution in [0.5, 0.6) is 5.75 Å². The van der Waals surface area contributed by atoms with E-state index in [1.54, 1.807) is 7.11 Å². The van der Waals surface area contributed by atoms with E-state index in [4.69, 9.17) is 25.8 Å². The first-order valence-corrected chi connectivity index (χ1v) is 11.0. The summed E-state index contributed by atoms with van der Waals surface area (Å²) in [6, 6.07) is 17.7. The van der Waals surface area contributed by atoms with Gasteiger partial charge in [-0.1, -0.05) is 35.9 Å². The number of carbonyl (C=O) groups excluding carboxylic acids is 3. The monoisotopic (exact) mass is 496 g/mol. The van der Waals surface area contributed by atoms with Crippen molar-refractivity contribution in [2.45, 2.75) is 6.92 Å². The van der Waals surface area contributed by atoms with Gasteiger partial charge in [0.15, 0.2) is 0 Å². The van der Waals surface area contributed by atoms with E-state index in [9.17, 15) is 14.4 Å². The van der Waals surface area contributed by atoms with Crippen LogP contribution in [0.1, 0.15) is 15.9 Å². The standard InChI is InChI=1S/C26H25ClN2O6/c1-16-7-8-18(17-5-4-6-20(11-17)33-2)12-23(16)29-25(31)15-35-14-24(30)28-22-10-9-19(27)13-21(22)26(32)34-3/h4-13H,14-15H2,1-3H3,(H,28,30)(H,29,31). The fourth-order valence-corrected chi connectivity index (χ4v) is 3.42. The third-order valence-corrected chi connectivity index (χ3v) is 5.28. The Hall–Kier alpha value is -3.88. The highest BCUT2D eigenvalue weighted by molar-refractivity contribution is 6.31. The van der Waals surface area contributed by atoms with E-state index in [1.165, 1.54) is 25.3 Å². The van der Waals surface area contributed by atoms with Gasteiger partial charge in [-0.05, 0) is 60.0 Å². The summed E-state index contributed by atoms with van der Waals surface area (Å²) in [6.45, 7) is 1.16. The molecular weight excluding hydrogens is 472 g/mol. The lowest BCUT2D eigenvalue weighted by Gasteiger charge is -2.12. The largest absolute Gasteiger partial charge is 0.497 e. The van der Waals surface area contributed by atoms with Crippen molar-refractivity contribution in [1.29, 1.82) is 0 Å². The van der Waals surface area contributed by atoms with Crippen LogP contribution in [0.15, 0.2) is 60.7 Å². The zero-order chi connectivity index (χ0) is 25.4. The molecule has 0 bridgehead atoms. The Morgan fingerprint density at radius 3 is 2.20 bits per heavy atom. The Kier molecular flexibility index (Phi) is 8.83. The van der Waals surface area contributed by atoms with Gasteiger partial charge in [0, 0.05) is 10.7 Å². The van der Waals surface area contributed by atoms with Crippen LogP contribution in [0, 0.1) is 6.92 Å². The lowest BCUT2D eigenvalue weighted by molar-refractivity contribution is -0.125. The molecule has 3 aromatic carbocycles. The highest BCUT2D eigenvalue weighted by Crippen LogP contribution is 2.28. The van der Waals surface area contributed by atoms with E-state index in [1.807, 2.05) is 49.4 Å². The van der Waals surface area contributed by atoms with Crippen molar-refractivity contribution in [1.82, 2.24) is 0 Å². The van der Waals surface area contributed by atoms with Gasteiger partial charge in [0.25, 0.3) is 0 Å². The lowest BCUT2D eigenvalue weighted by atomic mass is 10.0. The maximum absolute atomic E-state index is 12.4. The number of hydrogen-bond donors (Lipinski definition) is 2. The number of esters is 1. The number of amides is 2. The highest BCUT2D eigenvalue weighted by Gasteiger charge is 2.15. The molecule has 0 heterocycles. The van der Waals surface area contributed by atoms with E-state index in [0.29, 0.717) is 10.7 Å². The second kappa shape index (κ2) is 12.0. The fraction of sp³-hybridized carbons (Fsp3) is 0.192. The summed E-state index contributed by atoms with van der Waals surface area (Å²) in [5.41, 5.74) is 3.70. The molecule has 0 atom stereocenters. The molecule has 0 radical (unpaired) electrons. The SMILES string of the molecule is COC(=O)c1cc(Cl)ccc1NC(=O)COCC(=O)Nc1cc(-c2cccc(OC)c2)ccc1C. The molecule has 182 valence electrons. The average molecular weight is 497 g/mol. The lowest BCUT2D eigenvalue weighted by Crippen LogP contribution is -2.24. The first kappa shape index (κ1) is 25.7. The predicted molar refractivity (Wildman–Crippen MR) is 134 cm³/mol. The molecule has 3 aromatic rings. The Bertz CT molecular complexity index is 1240. The molecular formula is C26H25ClN2O6. The van der Waals surface area contributed by atoms with Crippen LogP contribution < -0.4 is 15.4 Å². The van der Waals surface area contributed by atoms with Crippen molar-refractivity contribution in [3.63, 3.8) is 0 Å². The van der Waals surface area contributed by atoms with Gasteiger partial charge in [-0.25, -0.2) is 4.79 Å². The third kappa shape index (κ3) is 7.05. The minimum Gasteiger partial charge on any atom is -0.497 e. The average Bonchev–Trinajstić information content (AvgIpc) is 2.86. The van der Waals surface area contributed by atoms with Crippen molar-refractivity contribution in [3.8, 4) is 16.9 Å². The molecule has 2 N–H and O–H groups in total. The number of benzene rings is 3. The summed E-state index contributed by atoms with van der Waals surface area (Å²) >= 11 is 5.91.